The van der Waals surface area contributed by atoms with E-state index < -0.39 is 21.7 Å². The van der Waals surface area contributed by atoms with Crippen LogP contribution in [-0.4, -0.2) is 23.3 Å². The molecule has 3 aromatic rings. The monoisotopic (exact) mass is 365 g/mol. The second kappa shape index (κ2) is 6.17. The van der Waals surface area contributed by atoms with Gasteiger partial charge < -0.3 is 5.32 Å². The lowest BCUT2D eigenvalue weighted by molar-refractivity contribution is 0.102. The Labute approximate surface area is 141 Å². The number of carbonyl (C=O) groups excluding carboxylic acids is 1. The van der Waals surface area contributed by atoms with Crippen LogP contribution in [0.2, 0.25) is 0 Å². The Kier molecular flexibility index (Phi) is 4.20. The summed E-state index contributed by atoms with van der Waals surface area (Å²) in [6.45, 7) is 1.55. The molecule has 9 heteroatoms. The molecule has 0 radical (unpaired) electrons. The number of rotatable bonds is 4. The van der Waals surface area contributed by atoms with Gasteiger partial charge in [-0.15, -0.1) is 11.3 Å². The SMILES string of the molecule is Cc1ccc(S(=O)(=O)n2ccc(NC(=O)c3nccs3)c2)cc1F. The number of benzene rings is 1. The van der Waals surface area contributed by atoms with Gasteiger partial charge in [-0.3, -0.25) is 4.79 Å². The van der Waals surface area contributed by atoms with E-state index in [-0.39, 0.29) is 9.90 Å². The molecule has 0 saturated carbocycles. The van der Waals surface area contributed by atoms with E-state index in [1.165, 1.54) is 48.1 Å². The number of aryl methyl sites for hydroxylation is 1. The molecule has 3 rings (SSSR count). The predicted octanol–water partition coefficient (Wildman–Crippen LogP) is 2.88. The Balaban J connectivity index is 1.86. The number of anilines is 1. The summed E-state index contributed by atoms with van der Waals surface area (Å²) in [7, 11) is -3.93. The van der Waals surface area contributed by atoms with Crippen LogP contribution >= 0.6 is 11.3 Å². The van der Waals surface area contributed by atoms with Crippen molar-refractivity contribution in [2.24, 2.45) is 0 Å². The first-order chi connectivity index (χ1) is 11.4. The summed E-state index contributed by atoms with van der Waals surface area (Å²) in [6, 6.07) is 5.14. The van der Waals surface area contributed by atoms with Gasteiger partial charge in [-0.2, -0.15) is 0 Å². The second-order valence-electron chi connectivity index (χ2n) is 4.94. The molecule has 24 heavy (non-hydrogen) atoms. The predicted molar refractivity (Wildman–Crippen MR) is 88.2 cm³/mol. The molecule has 6 nitrogen and oxygen atoms in total. The molecule has 0 aliphatic heterocycles. The maximum Gasteiger partial charge on any atom is 0.284 e. The van der Waals surface area contributed by atoms with Gasteiger partial charge in [-0.25, -0.2) is 21.8 Å². The van der Waals surface area contributed by atoms with Crippen LogP contribution in [0.15, 0.2) is 53.1 Å². The van der Waals surface area contributed by atoms with Gasteiger partial charge in [0.1, 0.15) is 5.82 Å². The molecule has 2 heterocycles. The van der Waals surface area contributed by atoms with Crippen molar-refractivity contribution in [2.75, 3.05) is 5.32 Å². The highest BCUT2D eigenvalue weighted by molar-refractivity contribution is 7.90. The number of hydrogen-bond acceptors (Lipinski definition) is 5. The van der Waals surface area contributed by atoms with E-state index >= 15 is 0 Å². The van der Waals surface area contributed by atoms with Crippen molar-refractivity contribution in [3.8, 4) is 0 Å². The van der Waals surface area contributed by atoms with E-state index in [0.717, 1.165) is 10.0 Å². The van der Waals surface area contributed by atoms with E-state index in [9.17, 15) is 17.6 Å². The third-order valence-electron chi connectivity index (χ3n) is 3.27. The average Bonchev–Trinajstić information content (AvgIpc) is 3.21. The third kappa shape index (κ3) is 3.08. The second-order valence-corrected chi connectivity index (χ2v) is 7.68. The van der Waals surface area contributed by atoms with Crippen molar-refractivity contribution in [1.82, 2.24) is 8.96 Å². The maximum atomic E-state index is 13.6. The highest BCUT2D eigenvalue weighted by Gasteiger charge is 2.19. The molecule has 0 spiro atoms. The van der Waals surface area contributed by atoms with Crippen LogP contribution in [0.1, 0.15) is 15.4 Å². The summed E-state index contributed by atoms with van der Waals surface area (Å²) < 4.78 is 39.5. The molecule has 1 amide bonds. The normalized spacial score (nSPS) is 11.4. The van der Waals surface area contributed by atoms with Crippen LogP contribution in [0.3, 0.4) is 0 Å². The van der Waals surface area contributed by atoms with E-state index in [2.05, 4.69) is 10.3 Å². The van der Waals surface area contributed by atoms with Crippen LogP contribution in [0, 0.1) is 12.7 Å². The molecule has 0 fully saturated rings. The van der Waals surface area contributed by atoms with Crippen molar-refractivity contribution in [3.63, 3.8) is 0 Å². The number of halogens is 1. The molecule has 0 unspecified atom stereocenters. The van der Waals surface area contributed by atoms with Crippen LogP contribution < -0.4 is 5.32 Å². The zero-order valence-corrected chi connectivity index (χ0v) is 14.1. The summed E-state index contributed by atoms with van der Waals surface area (Å²) >= 11 is 1.17. The molecule has 0 bridgehead atoms. The van der Waals surface area contributed by atoms with E-state index in [1.54, 1.807) is 12.3 Å². The summed E-state index contributed by atoms with van der Waals surface area (Å²) in [5, 5.41) is 4.49. The first-order valence-electron chi connectivity index (χ1n) is 6.78. The number of nitrogens with zero attached hydrogens (tertiary/aromatic N) is 2. The number of aromatic nitrogens is 2. The van der Waals surface area contributed by atoms with Crippen molar-refractivity contribution in [2.45, 2.75) is 11.8 Å². The zero-order chi connectivity index (χ0) is 17.3. The molecular formula is C15H12FN3O3S2. The van der Waals surface area contributed by atoms with Gasteiger partial charge in [0.15, 0.2) is 5.01 Å². The van der Waals surface area contributed by atoms with Gasteiger partial charge in [0.25, 0.3) is 15.9 Å². The molecule has 2 aromatic heterocycles. The number of amides is 1. The highest BCUT2D eigenvalue weighted by Crippen LogP contribution is 2.20. The molecular weight excluding hydrogens is 353 g/mol. The van der Waals surface area contributed by atoms with Crippen LogP contribution in [0.5, 0.6) is 0 Å². The maximum absolute atomic E-state index is 13.6. The average molecular weight is 365 g/mol. The highest BCUT2D eigenvalue weighted by atomic mass is 32.2. The van der Waals surface area contributed by atoms with E-state index in [1.807, 2.05) is 0 Å². The smallest absolute Gasteiger partial charge is 0.284 e. The van der Waals surface area contributed by atoms with Crippen molar-refractivity contribution < 1.29 is 17.6 Å². The van der Waals surface area contributed by atoms with Gasteiger partial charge in [-0.1, -0.05) is 6.07 Å². The summed E-state index contributed by atoms with van der Waals surface area (Å²) in [6.07, 6.45) is 4.03. The largest absolute Gasteiger partial charge is 0.319 e. The van der Waals surface area contributed by atoms with Crippen LogP contribution in [0.4, 0.5) is 10.1 Å². The van der Waals surface area contributed by atoms with Gasteiger partial charge in [0, 0.05) is 24.0 Å². The first kappa shape index (κ1) is 16.3. The summed E-state index contributed by atoms with van der Waals surface area (Å²) in [5.41, 5.74) is 0.657. The molecule has 0 aliphatic carbocycles. The van der Waals surface area contributed by atoms with Crippen LogP contribution in [0.25, 0.3) is 0 Å². The van der Waals surface area contributed by atoms with Crippen LogP contribution in [-0.2, 0) is 10.0 Å². The Morgan fingerprint density at radius 1 is 1.33 bits per heavy atom. The standard InChI is InChI=1S/C15H12FN3O3S2/c1-10-2-3-12(8-13(10)16)24(21,22)19-6-4-11(9-19)18-14(20)15-17-5-7-23-15/h2-9H,1H3,(H,18,20). The molecule has 0 atom stereocenters. The molecule has 1 aromatic carbocycles. The van der Waals surface area contributed by atoms with Gasteiger partial charge in [-0.05, 0) is 30.7 Å². The fourth-order valence-electron chi connectivity index (χ4n) is 1.98. The Hall–Kier alpha value is -2.52. The summed E-state index contributed by atoms with van der Waals surface area (Å²) in [4.78, 5) is 15.6. The lowest BCUT2D eigenvalue weighted by Gasteiger charge is -2.06. The topological polar surface area (TPSA) is 81.1 Å². The van der Waals surface area contributed by atoms with Crippen molar-refractivity contribution in [1.29, 1.82) is 0 Å². The fraction of sp³-hybridized carbons (Fsp3) is 0.0667. The van der Waals surface area contributed by atoms with Gasteiger partial charge >= 0.3 is 0 Å². The van der Waals surface area contributed by atoms with Crippen molar-refractivity contribution in [3.05, 3.63) is 64.6 Å². The summed E-state index contributed by atoms with van der Waals surface area (Å²) in [5.74, 6) is -1.03. The van der Waals surface area contributed by atoms with Crippen molar-refractivity contribution >= 4 is 33.0 Å². The molecule has 0 aliphatic rings. The first-order valence-corrected chi connectivity index (χ1v) is 9.10. The number of hydrogen-bond donors (Lipinski definition) is 1. The number of nitrogens with one attached hydrogen (secondary N) is 1. The zero-order valence-electron chi connectivity index (χ0n) is 12.4. The quantitative estimate of drug-likeness (QED) is 0.771. The fourth-order valence-corrected chi connectivity index (χ4v) is 3.72. The lowest BCUT2D eigenvalue weighted by Crippen LogP contribution is -2.13. The molecule has 1 N–H and O–H groups in total. The van der Waals surface area contributed by atoms with E-state index in [0.29, 0.717) is 11.3 Å². The lowest BCUT2D eigenvalue weighted by atomic mass is 10.2. The van der Waals surface area contributed by atoms with Gasteiger partial charge in [0.05, 0.1) is 10.6 Å². The minimum Gasteiger partial charge on any atom is -0.319 e. The minimum atomic E-state index is -3.93. The molecule has 0 saturated heterocycles. The van der Waals surface area contributed by atoms with E-state index in [4.69, 9.17) is 0 Å². The number of thiazole rings is 1. The number of carbonyl (C=O) groups is 1. The molecule has 124 valence electrons. The Morgan fingerprint density at radius 2 is 2.12 bits per heavy atom. The van der Waals surface area contributed by atoms with Gasteiger partial charge in [0.2, 0.25) is 0 Å². The minimum absolute atomic E-state index is 0.168. The third-order valence-corrected chi connectivity index (χ3v) is 5.67. The Morgan fingerprint density at radius 3 is 2.79 bits per heavy atom. The Bertz CT molecular complexity index is 995.